The number of ether oxygens (including phenoxy) is 1. The van der Waals surface area contributed by atoms with Crippen LogP contribution in [0.25, 0.3) is 5.78 Å². The van der Waals surface area contributed by atoms with E-state index in [4.69, 9.17) is 4.74 Å². The average molecular weight is 333 g/mol. The normalized spacial score (nSPS) is 18.1. The summed E-state index contributed by atoms with van der Waals surface area (Å²) in [6, 6.07) is -0.473. The van der Waals surface area contributed by atoms with Crippen molar-refractivity contribution in [1.82, 2.24) is 24.6 Å². The van der Waals surface area contributed by atoms with Crippen molar-refractivity contribution in [2.75, 3.05) is 6.54 Å². The highest BCUT2D eigenvalue weighted by molar-refractivity contribution is 5.86. The molecule has 130 valence electrons. The number of imidazole rings is 2. The van der Waals surface area contributed by atoms with Crippen molar-refractivity contribution in [3.63, 3.8) is 0 Å². The maximum absolute atomic E-state index is 12.5. The fraction of sp³-hybridized carbons (Fsp3) is 0.562. The Balaban J connectivity index is 1.59. The molecule has 1 aliphatic rings. The van der Waals surface area contributed by atoms with Crippen molar-refractivity contribution >= 4 is 17.8 Å². The first-order chi connectivity index (χ1) is 11.3. The number of rotatable bonds is 3. The number of aromatic nitrogens is 3. The van der Waals surface area contributed by atoms with E-state index < -0.39 is 17.7 Å². The number of hydrogen-bond acceptors (Lipinski definition) is 4. The molecule has 2 aromatic heterocycles. The highest BCUT2D eigenvalue weighted by Crippen LogP contribution is 2.21. The molecule has 2 amide bonds. The van der Waals surface area contributed by atoms with Gasteiger partial charge in [-0.05, 0) is 33.6 Å². The van der Waals surface area contributed by atoms with E-state index >= 15 is 0 Å². The van der Waals surface area contributed by atoms with Crippen LogP contribution in [0.1, 0.15) is 39.3 Å². The molecule has 1 fully saturated rings. The SMILES string of the molecule is CC(C)(C)OC(=O)N1CCC[C@H]1C(=O)NCc1cn2ccnc2[nH]1. The van der Waals surface area contributed by atoms with Gasteiger partial charge in [-0.1, -0.05) is 0 Å². The highest BCUT2D eigenvalue weighted by Gasteiger charge is 2.36. The lowest BCUT2D eigenvalue weighted by molar-refractivity contribution is -0.125. The number of hydrogen-bond donors (Lipinski definition) is 2. The number of aromatic amines is 1. The molecule has 0 saturated carbocycles. The summed E-state index contributed by atoms with van der Waals surface area (Å²) in [5.74, 6) is 0.570. The number of nitrogens with one attached hydrogen (secondary N) is 2. The standard InChI is InChI=1S/C16H23N5O3/c1-16(2,3)24-15(23)21-7-4-5-12(21)13(22)18-9-11-10-20-8-6-17-14(20)19-11/h6,8,10,12H,4-5,7,9H2,1-3H3,(H,17,19)(H,18,22)/t12-/m0/s1. The Hall–Kier alpha value is -2.51. The molecule has 8 nitrogen and oxygen atoms in total. The third kappa shape index (κ3) is 3.52. The molecule has 2 N–H and O–H groups in total. The van der Waals surface area contributed by atoms with Crippen LogP contribution in [-0.2, 0) is 16.1 Å². The minimum Gasteiger partial charge on any atom is -0.444 e. The van der Waals surface area contributed by atoms with Crippen LogP contribution in [-0.4, -0.2) is 49.5 Å². The van der Waals surface area contributed by atoms with Crippen LogP contribution in [0.3, 0.4) is 0 Å². The van der Waals surface area contributed by atoms with Gasteiger partial charge >= 0.3 is 6.09 Å². The molecule has 0 radical (unpaired) electrons. The second kappa shape index (κ2) is 6.18. The van der Waals surface area contributed by atoms with Crippen molar-refractivity contribution < 1.29 is 14.3 Å². The Morgan fingerprint density at radius 3 is 2.96 bits per heavy atom. The van der Waals surface area contributed by atoms with E-state index in [1.807, 2.05) is 37.6 Å². The quantitative estimate of drug-likeness (QED) is 0.894. The zero-order chi connectivity index (χ0) is 17.3. The van der Waals surface area contributed by atoms with Crippen molar-refractivity contribution in [2.45, 2.75) is 51.8 Å². The highest BCUT2D eigenvalue weighted by atomic mass is 16.6. The molecule has 0 unspecified atom stereocenters. The molecular formula is C16H23N5O3. The van der Waals surface area contributed by atoms with E-state index in [2.05, 4.69) is 15.3 Å². The molecule has 8 heteroatoms. The van der Waals surface area contributed by atoms with Gasteiger partial charge in [0.2, 0.25) is 11.7 Å². The molecule has 24 heavy (non-hydrogen) atoms. The topological polar surface area (TPSA) is 91.7 Å². The first-order valence-corrected chi connectivity index (χ1v) is 8.11. The van der Waals surface area contributed by atoms with Crippen molar-refractivity contribution in [2.24, 2.45) is 0 Å². The van der Waals surface area contributed by atoms with E-state index in [0.717, 1.165) is 17.9 Å². The van der Waals surface area contributed by atoms with Crippen molar-refractivity contribution in [3.05, 3.63) is 24.3 Å². The number of H-pyrrole nitrogens is 1. The minimum atomic E-state index is -0.570. The number of carbonyl (C=O) groups excluding carboxylic acids is 2. The molecule has 2 aromatic rings. The van der Waals surface area contributed by atoms with Gasteiger partial charge in [0.1, 0.15) is 11.6 Å². The van der Waals surface area contributed by atoms with E-state index in [1.165, 1.54) is 4.90 Å². The molecule has 1 atom stereocenters. The predicted octanol–water partition coefficient (Wildman–Crippen LogP) is 1.68. The summed E-state index contributed by atoms with van der Waals surface area (Å²) in [6.07, 6.45) is 6.43. The van der Waals surface area contributed by atoms with Crippen LogP contribution in [0.5, 0.6) is 0 Å². The zero-order valence-electron chi connectivity index (χ0n) is 14.2. The van der Waals surface area contributed by atoms with Crippen LogP contribution in [0.15, 0.2) is 18.6 Å². The lowest BCUT2D eigenvalue weighted by atomic mass is 10.2. The van der Waals surface area contributed by atoms with Crippen LogP contribution in [0.2, 0.25) is 0 Å². The first-order valence-electron chi connectivity index (χ1n) is 8.11. The third-order valence-corrected chi connectivity index (χ3v) is 3.87. The second-order valence-corrected chi connectivity index (χ2v) is 6.99. The Morgan fingerprint density at radius 2 is 2.25 bits per heavy atom. The molecule has 0 spiro atoms. The number of likely N-dealkylation sites (tertiary alicyclic amines) is 1. The summed E-state index contributed by atoms with van der Waals surface area (Å²) >= 11 is 0. The fourth-order valence-corrected chi connectivity index (χ4v) is 2.83. The van der Waals surface area contributed by atoms with Crippen molar-refractivity contribution in [3.8, 4) is 0 Å². The van der Waals surface area contributed by atoms with Crippen LogP contribution < -0.4 is 5.32 Å². The number of amides is 2. The number of carbonyl (C=O) groups is 2. The predicted molar refractivity (Wildman–Crippen MR) is 87.4 cm³/mol. The molecule has 0 aromatic carbocycles. The van der Waals surface area contributed by atoms with Gasteiger partial charge in [-0.25, -0.2) is 9.78 Å². The average Bonchev–Trinajstić information content (AvgIpc) is 3.17. The van der Waals surface area contributed by atoms with Crippen LogP contribution in [0, 0.1) is 0 Å². The van der Waals surface area contributed by atoms with E-state index in [1.54, 1.807) is 6.20 Å². The van der Waals surface area contributed by atoms with Gasteiger partial charge in [0.05, 0.1) is 12.2 Å². The Morgan fingerprint density at radius 1 is 1.46 bits per heavy atom. The number of nitrogens with zero attached hydrogens (tertiary/aromatic N) is 3. The maximum Gasteiger partial charge on any atom is 0.410 e. The monoisotopic (exact) mass is 333 g/mol. The van der Waals surface area contributed by atoms with Gasteiger partial charge in [0.25, 0.3) is 0 Å². The maximum atomic E-state index is 12.5. The smallest absolute Gasteiger partial charge is 0.410 e. The minimum absolute atomic E-state index is 0.161. The molecule has 1 aliphatic heterocycles. The van der Waals surface area contributed by atoms with Gasteiger partial charge < -0.3 is 15.0 Å². The Labute approximate surface area is 140 Å². The number of fused-ring (bicyclic) bond motifs is 1. The lowest BCUT2D eigenvalue weighted by Crippen LogP contribution is -2.47. The van der Waals surface area contributed by atoms with Gasteiger partial charge in [-0.15, -0.1) is 0 Å². The molecule has 1 saturated heterocycles. The first kappa shape index (κ1) is 16.4. The third-order valence-electron chi connectivity index (χ3n) is 3.87. The van der Waals surface area contributed by atoms with E-state index in [-0.39, 0.29) is 5.91 Å². The van der Waals surface area contributed by atoms with Gasteiger partial charge in [0.15, 0.2) is 0 Å². The summed E-state index contributed by atoms with van der Waals surface area (Å²) in [5, 5.41) is 2.88. The molecule has 0 bridgehead atoms. The van der Waals surface area contributed by atoms with Gasteiger partial charge in [-0.2, -0.15) is 0 Å². The largest absolute Gasteiger partial charge is 0.444 e. The Kier molecular flexibility index (Phi) is 4.21. The van der Waals surface area contributed by atoms with Crippen LogP contribution in [0.4, 0.5) is 4.79 Å². The summed E-state index contributed by atoms with van der Waals surface area (Å²) in [6.45, 7) is 6.36. The molecule has 3 heterocycles. The molecule has 0 aliphatic carbocycles. The fourth-order valence-electron chi connectivity index (χ4n) is 2.83. The Bertz CT molecular complexity index is 714. The summed E-state index contributed by atoms with van der Waals surface area (Å²) in [4.78, 5) is 33.5. The van der Waals surface area contributed by atoms with Gasteiger partial charge in [0, 0.05) is 25.1 Å². The second-order valence-electron chi connectivity index (χ2n) is 6.99. The van der Waals surface area contributed by atoms with Crippen LogP contribution >= 0.6 is 0 Å². The summed E-state index contributed by atoms with van der Waals surface area (Å²) < 4.78 is 7.23. The lowest BCUT2D eigenvalue weighted by Gasteiger charge is -2.28. The van der Waals surface area contributed by atoms with Gasteiger partial charge in [-0.3, -0.25) is 14.1 Å². The van der Waals surface area contributed by atoms with Crippen molar-refractivity contribution in [1.29, 1.82) is 0 Å². The van der Waals surface area contributed by atoms with E-state index in [9.17, 15) is 9.59 Å². The molecule has 3 rings (SSSR count). The summed E-state index contributed by atoms with van der Waals surface area (Å²) in [5.41, 5.74) is 0.285. The molecular weight excluding hydrogens is 310 g/mol. The van der Waals surface area contributed by atoms with E-state index in [0.29, 0.717) is 19.5 Å². The summed E-state index contributed by atoms with van der Waals surface area (Å²) in [7, 11) is 0. The zero-order valence-corrected chi connectivity index (χ0v) is 14.2.